The summed E-state index contributed by atoms with van der Waals surface area (Å²) in [4.78, 5) is 11.0. The molecule has 0 fully saturated rings. The molecule has 0 aliphatic heterocycles. The lowest BCUT2D eigenvalue weighted by Gasteiger charge is -2.17. The van der Waals surface area contributed by atoms with Gasteiger partial charge in [0.25, 0.3) is 0 Å². The molecule has 2 aromatic heterocycles. The molecule has 1 N–H and O–H groups in total. The van der Waals surface area contributed by atoms with Gasteiger partial charge in [0.15, 0.2) is 0 Å². The molecule has 0 aliphatic rings. The second-order valence-electron chi connectivity index (χ2n) is 4.59. The predicted octanol–water partition coefficient (Wildman–Crippen LogP) is 2.99. The molecular weight excluding hydrogens is 256 g/mol. The van der Waals surface area contributed by atoms with E-state index in [4.69, 9.17) is 0 Å². The second kappa shape index (κ2) is 7.21. The lowest BCUT2D eigenvalue weighted by atomic mass is 10.2. The predicted molar refractivity (Wildman–Crippen MR) is 80.3 cm³/mol. The Morgan fingerprint density at radius 3 is 2.95 bits per heavy atom. The summed E-state index contributed by atoms with van der Waals surface area (Å²) < 4.78 is 0. The lowest BCUT2D eigenvalue weighted by Crippen LogP contribution is -2.19. The van der Waals surface area contributed by atoms with Crippen LogP contribution in [-0.4, -0.2) is 28.5 Å². The summed E-state index contributed by atoms with van der Waals surface area (Å²) >= 11 is 1.64. The van der Waals surface area contributed by atoms with Gasteiger partial charge in [0.1, 0.15) is 5.82 Å². The SMILES string of the molecule is CCCNc1ncccc1CN(C)Cc1cscn1. The fourth-order valence-electron chi connectivity index (χ4n) is 1.91. The van der Waals surface area contributed by atoms with E-state index in [1.54, 1.807) is 11.3 Å². The molecule has 4 nitrogen and oxygen atoms in total. The molecule has 0 saturated carbocycles. The Morgan fingerprint density at radius 1 is 1.32 bits per heavy atom. The summed E-state index contributed by atoms with van der Waals surface area (Å²) in [5.74, 6) is 0.995. The Balaban J connectivity index is 1.97. The van der Waals surface area contributed by atoms with Crippen LogP contribution in [0.2, 0.25) is 0 Å². The number of hydrogen-bond donors (Lipinski definition) is 1. The van der Waals surface area contributed by atoms with E-state index in [0.29, 0.717) is 0 Å². The number of nitrogens with zero attached hydrogens (tertiary/aromatic N) is 3. The molecule has 0 saturated heterocycles. The molecule has 2 heterocycles. The molecule has 0 amide bonds. The van der Waals surface area contributed by atoms with E-state index in [-0.39, 0.29) is 0 Å². The van der Waals surface area contributed by atoms with Crippen LogP contribution < -0.4 is 5.32 Å². The Labute approximate surface area is 118 Å². The fourth-order valence-corrected chi connectivity index (χ4v) is 2.46. The molecule has 5 heteroatoms. The van der Waals surface area contributed by atoms with Crippen LogP contribution in [0.25, 0.3) is 0 Å². The molecule has 0 radical (unpaired) electrons. The molecule has 2 rings (SSSR count). The second-order valence-corrected chi connectivity index (χ2v) is 5.31. The third-order valence-corrected chi connectivity index (χ3v) is 3.42. The Morgan fingerprint density at radius 2 is 2.21 bits per heavy atom. The van der Waals surface area contributed by atoms with Gasteiger partial charge >= 0.3 is 0 Å². The van der Waals surface area contributed by atoms with Gasteiger partial charge in [-0.2, -0.15) is 0 Å². The van der Waals surface area contributed by atoms with Crippen LogP contribution in [0.15, 0.2) is 29.2 Å². The van der Waals surface area contributed by atoms with Crippen LogP contribution in [0.3, 0.4) is 0 Å². The first kappa shape index (κ1) is 14.0. The number of aromatic nitrogens is 2. The van der Waals surface area contributed by atoms with Crippen LogP contribution in [-0.2, 0) is 13.1 Å². The highest BCUT2D eigenvalue weighted by Gasteiger charge is 2.07. The molecule has 0 aliphatic carbocycles. The van der Waals surface area contributed by atoms with Crippen molar-refractivity contribution in [3.8, 4) is 0 Å². The molecule has 0 atom stereocenters. The number of rotatable bonds is 7. The quantitative estimate of drug-likeness (QED) is 0.844. The summed E-state index contributed by atoms with van der Waals surface area (Å²) in [5.41, 5.74) is 4.23. The topological polar surface area (TPSA) is 41.1 Å². The van der Waals surface area contributed by atoms with Gasteiger partial charge in [-0.15, -0.1) is 11.3 Å². The highest BCUT2D eigenvalue weighted by molar-refractivity contribution is 7.07. The van der Waals surface area contributed by atoms with Gasteiger partial charge in [-0.05, 0) is 19.5 Å². The van der Waals surface area contributed by atoms with Gasteiger partial charge in [-0.25, -0.2) is 9.97 Å². The van der Waals surface area contributed by atoms with Gasteiger partial charge in [-0.3, -0.25) is 4.90 Å². The summed E-state index contributed by atoms with van der Waals surface area (Å²) in [6.07, 6.45) is 2.94. The first-order valence-electron chi connectivity index (χ1n) is 6.53. The molecule has 102 valence electrons. The summed E-state index contributed by atoms with van der Waals surface area (Å²) in [7, 11) is 2.11. The number of hydrogen-bond acceptors (Lipinski definition) is 5. The summed E-state index contributed by atoms with van der Waals surface area (Å²) in [6.45, 7) is 4.85. The minimum Gasteiger partial charge on any atom is -0.370 e. The van der Waals surface area contributed by atoms with E-state index in [1.807, 2.05) is 17.8 Å². The van der Waals surface area contributed by atoms with Crippen molar-refractivity contribution in [2.75, 3.05) is 18.9 Å². The molecule has 0 spiro atoms. The maximum absolute atomic E-state index is 4.41. The van der Waals surface area contributed by atoms with Crippen molar-refractivity contribution in [2.45, 2.75) is 26.4 Å². The molecular formula is C14H20N4S. The van der Waals surface area contributed by atoms with Gasteiger partial charge in [0, 0.05) is 36.8 Å². The van der Waals surface area contributed by atoms with Crippen LogP contribution in [0, 0.1) is 0 Å². The van der Waals surface area contributed by atoms with Gasteiger partial charge in [-0.1, -0.05) is 13.0 Å². The standard InChI is InChI=1S/C14H20N4S/c1-3-6-15-14-12(5-4-7-16-14)8-18(2)9-13-10-19-11-17-13/h4-5,7,10-11H,3,6,8-9H2,1-2H3,(H,15,16). The lowest BCUT2D eigenvalue weighted by molar-refractivity contribution is 0.316. The van der Waals surface area contributed by atoms with E-state index >= 15 is 0 Å². The van der Waals surface area contributed by atoms with Crippen molar-refractivity contribution >= 4 is 17.2 Å². The van der Waals surface area contributed by atoms with Crippen molar-refractivity contribution in [2.24, 2.45) is 0 Å². The Bertz CT molecular complexity index is 484. The number of thiazole rings is 1. The first-order valence-corrected chi connectivity index (χ1v) is 7.47. The van der Waals surface area contributed by atoms with Crippen LogP contribution >= 0.6 is 11.3 Å². The van der Waals surface area contributed by atoms with Crippen molar-refractivity contribution in [1.82, 2.24) is 14.9 Å². The maximum Gasteiger partial charge on any atom is 0.130 e. The van der Waals surface area contributed by atoms with Crippen molar-refractivity contribution < 1.29 is 0 Å². The first-order chi connectivity index (χ1) is 9.29. The molecule has 2 aromatic rings. The number of nitrogens with one attached hydrogen (secondary N) is 1. The van der Waals surface area contributed by atoms with Crippen molar-refractivity contribution in [3.05, 3.63) is 40.5 Å². The highest BCUT2D eigenvalue weighted by Crippen LogP contribution is 2.15. The molecule has 0 aromatic carbocycles. The van der Waals surface area contributed by atoms with Gasteiger partial charge < -0.3 is 5.32 Å². The molecule has 0 bridgehead atoms. The average molecular weight is 276 g/mol. The van der Waals surface area contributed by atoms with Crippen LogP contribution in [0.5, 0.6) is 0 Å². The fraction of sp³-hybridized carbons (Fsp3) is 0.429. The smallest absolute Gasteiger partial charge is 0.130 e. The monoisotopic (exact) mass is 276 g/mol. The Kier molecular flexibility index (Phi) is 5.30. The van der Waals surface area contributed by atoms with Crippen LogP contribution in [0.4, 0.5) is 5.82 Å². The minimum absolute atomic E-state index is 0.867. The number of anilines is 1. The Hall–Kier alpha value is -1.46. The van der Waals surface area contributed by atoms with Crippen LogP contribution in [0.1, 0.15) is 24.6 Å². The number of pyridine rings is 1. The van der Waals surface area contributed by atoms with E-state index < -0.39 is 0 Å². The van der Waals surface area contributed by atoms with E-state index in [1.165, 1.54) is 5.56 Å². The van der Waals surface area contributed by atoms with Gasteiger partial charge in [0.2, 0.25) is 0 Å². The largest absolute Gasteiger partial charge is 0.370 e. The summed E-state index contributed by atoms with van der Waals surface area (Å²) in [5, 5.41) is 5.47. The minimum atomic E-state index is 0.867. The van der Waals surface area contributed by atoms with E-state index in [9.17, 15) is 0 Å². The zero-order valence-corrected chi connectivity index (χ0v) is 12.3. The highest BCUT2D eigenvalue weighted by atomic mass is 32.1. The zero-order valence-electron chi connectivity index (χ0n) is 11.5. The molecule has 0 unspecified atom stereocenters. The van der Waals surface area contributed by atoms with Gasteiger partial charge in [0.05, 0.1) is 11.2 Å². The normalized spacial score (nSPS) is 10.9. The van der Waals surface area contributed by atoms with Crippen molar-refractivity contribution in [1.29, 1.82) is 0 Å². The summed E-state index contributed by atoms with van der Waals surface area (Å²) in [6, 6.07) is 4.12. The third-order valence-electron chi connectivity index (χ3n) is 2.79. The third kappa shape index (κ3) is 4.29. The maximum atomic E-state index is 4.41. The van der Waals surface area contributed by atoms with E-state index in [0.717, 1.165) is 37.6 Å². The average Bonchev–Trinajstić information content (AvgIpc) is 2.90. The van der Waals surface area contributed by atoms with E-state index in [2.05, 4.69) is 45.6 Å². The van der Waals surface area contributed by atoms with Crippen molar-refractivity contribution in [3.63, 3.8) is 0 Å². The molecule has 19 heavy (non-hydrogen) atoms. The zero-order chi connectivity index (χ0) is 13.5.